The number of halogens is 9. The van der Waals surface area contributed by atoms with Gasteiger partial charge in [-0.15, -0.1) is 0 Å². The van der Waals surface area contributed by atoms with Gasteiger partial charge in [0.2, 0.25) is 47.8 Å². The van der Waals surface area contributed by atoms with E-state index in [9.17, 15) is 79.2 Å². The van der Waals surface area contributed by atoms with Crippen molar-refractivity contribution < 1.29 is 103 Å². The minimum Gasteiger partial charge on any atom is -0.486 e. The van der Waals surface area contributed by atoms with Crippen LogP contribution in [-0.4, -0.2) is 125 Å². The summed E-state index contributed by atoms with van der Waals surface area (Å²) in [5.41, 5.74) is 3.20. The second-order valence-electron chi connectivity index (χ2n) is 27.1. The maximum absolute atomic E-state index is 13.4. The number of nitrogens with one attached hydrogen (secondary N) is 3. The summed E-state index contributed by atoms with van der Waals surface area (Å²) in [4.78, 5) is 39.3. The molecule has 1 spiro atoms. The quantitative estimate of drug-likeness (QED) is 0.0719. The van der Waals surface area contributed by atoms with Gasteiger partial charge in [-0.25, -0.2) is 25.3 Å². The van der Waals surface area contributed by atoms with Crippen LogP contribution in [0, 0.1) is 0 Å². The lowest BCUT2D eigenvalue weighted by atomic mass is 9.72. The number of alkyl halides is 9. The van der Waals surface area contributed by atoms with E-state index in [1.54, 1.807) is 61.5 Å². The summed E-state index contributed by atoms with van der Waals surface area (Å²) >= 11 is 0. The maximum atomic E-state index is 13.4. The minimum atomic E-state index is -4.57. The van der Waals surface area contributed by atoms with E-state index in [1.807, 2.05) is 13.8 Å². The molecule has 1 fully saturated rings. The Hall–Kier alpha value is -9.11. The van der Waals surface area contributed by atoms with Crippen LogP contribution in [0.2, 0.25) is 0 Å². The lowest BCUT2D eigenvalue weighted by Crippen LogP contribution is -2.47. The number of sulfonamides is 3. The summed E-state index contributed by atoms with van der Waals surface area (Å²) in [6.07, 6.45) is -4.22. The molecule has 0 saturated heterocycles. The van der Waals surface area contributed by atoms with Crippen LogP contribution in [0.25, 0.3) is 16.7 Å². The first kappa shape index (κ1) is 78.9. The van der Waals surface area contributed by atoms with Crippen LogP contribution in [0.5, 0.6) is 17.2 Å². The van der Waals surface area contributed by atoms with Crippen molar-refractivity contribution in [3.63, 3.8) is 0 Å². The molecular formula is C75H79F9N6O14S3. The molecular weight excluding hydrogens is 1480 g/mol. The van der Waals surface area contributed by atoms with Crippen LogP contribution >= 0.6 is 0 Å². The van der Waals surface area contributed by atoms with Crippen molar-refractivity contribution in [2.24, 2.45) is 0 Å². The molecule has 0 radical (unpaired) electrons. The fraction of sp³-hybridized carbons (Fsp3) is 0.400. The van der Waals surface area contributed by atoms with Crippen molar-refractivity contribution in [3.8, 4) is 17.2 Å². The Morgan fingerprint density at radius 1 is 0.477 bits per heavy atom. The molecule has 6 aliphatic heterocycles. The topological polar surface area (TPSA) is 246 Å². The maximum Gasteiger partial charge on any atom is 0.416 e. The van der Waals surface area contributed by atoms with Gasteiger partial charge in [0.25, 0.3) is 0 Å². The summed E-state index contributed by atoms with van der Waals surface area (Å²) < 4.78 is 226. The zero-order valence-corrected chi connectivity index (χ0v) is 61.8. The number of anilines is 6. The van der Waals surface area contributed by atoms with E-state index in [4.69, 9.17) is 23.7 Å². The largest absolute Gasteiger partial charge is 0.486 e. The van der Waals surface area contributed by atoms with Gasteiger partial charge in [-0.3, -0.25) is 27.3 Å². The van der Waals surface area contributed by atoms with Crippen molar-refractivity contribution in [1.29, 1.82) is 0 Å². The number of hydrogen-bond donors (Lipinski definition) is 3. The van der Waals surface area contributed by atoms with Gasteiger partial charge in [0, 0.05) is 123 Å². The Kier molecular flexibility index (Phi) is 22.2. The standard InChI is InChI=1S/C26H29F3N2O4S.C25H27F3N2O6S.C24H23F3N2O4S/c1-4-25(5-2)16-17(19-11-10-18(26(27,28)29)15-23(19)35-25)14-24(32)30-21-8-7-9-22-20(21)12-13-36(33,34)31(22)6-3;1-30-21-6-4-5-20(19(21)9-10-37(30,32)33)29-23(31)11-16-13-24(14-34-2,15-35-3)36-22-12-17(25(26,27)28)7-8-18(16)22;1-29-20-5-2-4-19(18(20)8-11-34(29,31)32)28-22(30)12-15-14-23(9-3-10-23)33-21-13-16(24(25,26)27)6-7-17(15)21/h7-11,14-15H,4-6,12-13,16H2,1-3H3,(H,30,32);4-8,11-12H,9-10,13-15H2,1-3H3,(H,29,31);2,4-7,12-13H,3,8-11,14H2,1H3,(H,28,30)/b17-14+;16-11+;15-12+. The lowest BCUT2D eigenvalue weighted by molar-refractivity contribution is -0.138. The summed E-state index contributed by atoms with van der Waals surface area (Å²) in [6.45, 7) is 5.88. The van der Waals surface area contributed by atoms with E-state index in [0.29, 0.717) is 112 Å². The Labute approximate surface area is 614 Å². The number of amides is 3. The van der Waals surface area contributed by atoms with Crippen LogP contribution in [-0.2, 0) is 91.7 Å². The molecule has 0 bridgehead atoms. The van der Waals surface area contributed by atoms with Crippen LogP contribution in [0.3, 0.4) is 0 Å². The number of fused-ring (bicyclic) bond motifs is 6. The van der Waals surface area contributed by atoms with Gasteiger partial charge >= 0.3 is 18.5 Å². The summed E-state index contributed by atoms with van der Waals surface area (Å²) in [5, 5.41) is 8.50. The third-order valence-corrected chi connectivity index (χ3v) is 25.6. The van der Waals surface area contributed by atoms with E-state index in [1.165, 1.54) is 77.7 Å². The van der Waals surface area contributed by atoms with Gasteiger partial charge < -0.3 is 39.6 Å². The molecule has 1 saturated carbocycles. The average Bonchev–Trinajstić information content (AvgIpc) is 0.783. The van der Waals surface area contributed by atoms with Gasteiger partial charge in [0.1, 0.15) is 28.5 Å². The highest BCUT2D eigenvalue weighted by Crippen LogP contribution is 2.52. The number of methoxy groups -OCH3 is 2. The fourth-order valence-corrected chi connectivity index (χ4v) is 18.4. The Bertz CT molecular complexity index is 4930. The second-order valence-corrected chi connectivity index (χ2v) is 33.4. The Morgan fingerprint density at radius 2 is 0.822 bits per heavy atom. The molecule has 6 aromatic carbocycles. The Balaban J connectivity index is 0.000000160. The van der Waals surface area contributed by atoms with Crippen molar-refractivity contribution in [3.05, 3.63) is 177 Å². The van der Waals surface area contributed by atoms with Gasteiger partial charge in [-0.2, -0.15) is 39.5 Å². The van der Waals surface area contributed by atoms with Crippen LogP contribution < -0.4 is 43.1 Å². The number of benzene rings is 6. The first-order chi connectivity index (χ1) is 50.3. The first-order valence-corrected chi connectivity index (χ1v) is 39.2. The van der Waals surface area contributed by atoms with Crippen LogP contribution in [0.15, 0.2) is 127 Å². The summed E-state index contributed by atoms with van der Waals surface area (Å²) in [5.74, 6) is -1.36. The number of carbonyl (C=O) groups excluding carboxylic acids is 3. The van der Waals surface area contributed by atoms with E-state index in [0.717, 1.165) is 53.9 Å². The molecule has 3 N–H and O–H groups in total. The highest BCUT2D eigenvalue weighted by Gasteiger charge is 2.47. The summed E-state index contributed by atoms with van der Waals surface area (Å²) in [7, 11) is -4.40. The molecule has 13 rings (SSSR count). The molecule has 20 nitrogen and oxygen atoms in total. The molecule has 107 heavy (non-hydrogen) atoms. The smallest absolute Gasteiger partial charge is 0.416 e. The number of hydrogen-bond acceptors (Lipinski definition) is 14. The van der Waals surface area contributed by atoms with Crippen molar-refractivity contribution in [2.75, 3.05) is 94.2 Å². The lowest BCUT2D eigenvalue weighted by Gasteiger charge is -2.46. The molecule has 0 unspecified atom stereocenters. The number of carbonyl (C=O) groups is 3. The van der Waals surface area contributed by atoms with E-state index in [2.05, 4.69) is 16.0 Å². The van der Waals surface area contributed by atoms with Gasteiger partial charge in [0.05, 0.1) is 64.2 Å². The van der Waals surface area contributed by atoms with E-state index < -0.39 is 99.8 Å². The molecule has 3 amide bonds. The van der Waals surface area contributed by atoms with E-state index in [-0.39, 0.29) is 79.9 Å². The number of nitrogens with zero attached hydrogens (tertiary/aromatic N) is 3. The third-order valence-electron chi connectivity index (χ3n) is 20.2. The molecule has 1 aliphatic carbocycles. The predicted octanol–water partition coefficient (Wildman–Crippen LogP) is 14.4. The second kappa shape index (κ2) is 30.2. The van der Waals surface area contributed by atoms with Crippen molar-refractivity contribution >= 4 is 98.6 Å². The monoisotopic (exact) mass is 1550 g/mol. The highest BCUT2D eigenvalue weighted by molar-refractivity contribution is 7.93. The van der Waals surface area contributed by atoms with Gasteiger partial charge in [0.15, 0.2) is 5.60 Å². The molecule has 6 aromatic rings. The fourth-order valence-electron chi connectivity index (χ4n) is 14.5. The third kappa shape index (κ3) is 16.8. The molecule has 7 aliphatic rings. The average molecular weight is 1560 g/mol. The van der Waals surface area contributed by atoms with Crippen molar-refractivity contribution in [2.45, 2.75) is 127 Å². The minimum absolute atomic E-state index is 0.0164. The number of rotatable bonds is 13. The van der Waals surface area contributed by atoms with Crippen LogP contribution in [0.1, 0.15) is 122 Å². The highest BCUT2D eigenvalue weighted by atomic mass is 32.2. The molecule has 0 aromatic heterocycles. The van der Waals surface area contributed by atoms with E-state index >= 15 is 0 Å². The molecule has 574 valence electrons. The zero-order valence-electron chi connectivity index (χ0n) is 59.3. The van der Waals surface area contributed by atoms with Gasteiger partial charge in [-0.1, -0.05) is 50.2 Å². The molecule has 32 heteroatoms. The SMILES string of the molecule is CCN1c2cccc(NC(=O)/C=C3\CC(CC)(CC)Oc4cc(C(F)(F)F)ccc43)c2CCS1(=O)=O.CN1c2cccc(NC(=O)/C=C3\CC4(CCC4)Oc4cc(C(F)(F)F)ccc43)c2CCS1(=O)=O.COCC1(COC)C/C(=C\C(=O)Nc2cccc3c2CCS(=O)(=O)N3C)c2ccc(C(F)(F)F)cc2O1. The normalized spacial score (nSPS) is 19.9. The van der Waals surface area contributed by atoms with Gasteiger partial charge in [-0.05, 0) is 148 Å². The number of ether oxygens (including phenoxy) is 5. The molecule has 6 heterocycles. The molecule has 0 atom stereocenters. The first-order valence-electron chi connectivity index (χ1n) is 34.3. The summed E-state index contributed by atoms with van der Waals surface area (Å²) in [6, 6.07) is 25.0. The van der Waals surface area contributed by atoms with Crippen LogP contribution in [0.4, 0.5) is 73.6 Å². The Morgan fingerprint density at radius 3 is 1.18 bits per heavy atom. The predicted molar refractivity (Wildman–Crippen MR) is 388 cm³/mol. The zero-order chi connectivity index (χ0) is 77.6. The van der Waals surface area contributed by atoms with Crippen molar-refractivity contribution in [1.82, 2.24) is 0 Å².